The van der Waals surface area contributed by atoms with Gasteiger partial charge in [-0.25, -0.2) is 0 Å². The van der Waals surface area contributed by atoms with E-state index in [9.17, 15) is 0 Å². The second-order valence-electron chi connectivity index (χ2n) is 4.84. The van der Waals surface area contributed by atoms with Crippen molar-refractivity contribution in [1.82, 2.24) is 10.3 Å². The smallest absolute Gasteiger partial charge is 0.0416 e. The first-order valence-electron chi connectivity index (χ1n) is 7.01. The van der Waals surface area contributed by atoms with Crippen LogP contribution in [0.3, 0.4) is 0 Å². The van der Waals surface area contributed by atoms with E-state index in [1.165, 1.54) is 11.1 Å². The second-order valence-corrected chi connectivity index (χ2v) is 4.84. The van der Waals surface area contributed by atoms with Crippen LogP contribution in [0.4, 0.5) is 0 Å². The summed E-state index contributed by atoms with van der Waals surface area (Å²) in [6.07, 6.45) is 3.92. The van der Waals surface area contributed by atoms with Crippen molar-refractivity contribution in [2.75, 3.05) is 6.54 Å². The second kappa shape index (κ2) is 7.05. The third-order valence-corrected chi connectivity index (χ3v) is 3.45. The standard InChI is InChI=1S/C17H22N2/c1-3-15-7-9-16(10-8-15)14(2)18-13-11-17-6-4-5-12-19-17/h4-10,12,14,18H,3,11,13H2,1-2H3. The van der Waals surface area contributed by atoms with Gasteiger partial charge in [0.25, 0.3) is 0 Å². The molecule has 2 aromatic rings. The highest BCUT2D eigenvalue weighted by Gasteiger charge is 2.04. The lowest BCUT2D eigenvalue weighted by Gasteiger charge is -2.14. The van der Waals surface area contributed by atoms with Crippen molar-refractivity contribution in [2.24, 2.45) is 0 Å². The molecule has 0 fully saturated rings. The van der Waals surface area contributed by atoms with E-state index in [1.807, 2.05) is 18.3 Å². The summed E-state index contributed by atoms with van der Waals surface area (Å²) in [6, 6.07) is 15.3. The van der Waals surface area contributed by atoms with E-state index in [0.717, 1.165) is 25.1 Å². The lowest BCUT2D eigenvalue weighted by molar-refractivity contribution is 0.574. The number of benzene rings is 1. The molecule has 0 aliphatic heterocycles. The van der Waals surface area contributed by atoms with Crippen molar-refractivity contribution in [3.63, 3.8) is 0 Å². The largest absolute Gasteiger partial charge is 0.310 e. The van der Waals surface area contributed by atoms with Crippen LogP contribution in [0.25, 0.3) is 0 Å². The van der Waals surface area contributed by atoms with Crippen LogP contribution in [-0.2, 0) is 12.8 Å². The van der Waals surface area contributed by atoms with Gasteiger partial charge in [0.15, 0.2) is 0 Å². The van der Waals surface area contributed by atoms with Crippen LogP contribution in [0.1, 0.15) is 36.7 Å². The highest BCUT2D eigenvalue weighted by atomic mass is 14.9. The van der Waals surface area contributed by atoms with Crippen molar-refractivity contribution in [3.8, 4) is 0 Å². The van der Waals surface area contributed by atoms with Gasteiger partial charge in [0.1, 0.15) is 0 Å². The number of hydrogen-bond acceptors (Lipinski definition) is 2. The number of rotatable bonds is 6. The SMILES string of the molecule is CCc1ccc(C(C)NCCc2ccccn2)cc1. The van der Waals surface area contributed by atoms with Gasteiger partial charge in [-0.05, 0) is 36.6 Å². The molecular weight excluding hydrogens is 232 g/mol. The molecule has 1 unspecified atom stereocenters. The molecule has 1 heterocycles. The van der Waals surface area contributed by atoms with Gasteiger partial charge >= 0.3 is 0 Å². The topological polar surface area (TPSA) is 24.9 Å². The number of pyridine rings is 1. The third-order valence-electron chi connectivity index (χ3n) is 3.45. The first kappa shape index (κ1) is 13.8. The zero-order chi connectivity index (χ0) is 13.5. The van der Waals surface area contributed by atoms with E-state index < -0.39 is 0 Å². The minimum atomic E-state index is 0.384. The Balaban J connectivity index is 1.82. The molecule has 2 rings (SSSR count). The van der Waals surface area contributed by atoms with Crippen LogP contribution in [0.2, 0.25) is 0 Å². The van der Waals surface area contributed by atoms with Gasteiger partial charge < -0.3 is 5.32 Å². The molecule has 0 aliphatic carbocycles. The number of aryl methyl sites for hydroxylation is 1. The first-order chi connectivity index (χ1) is 9.29. The summed E-state index contributed by atoms with van der Waals surface area (Å²) in [5.74, 6) is 0. The van der Waals surface area contributed by atoms with Crippen LogP contribution in [-0.4, -0.2) is 11.5 Å². The normalized spacial score (nSPS) is 12.3. The molecule has 1 aromatic carbocycles. The summed E-state index contributed by atoms with van der Waals surface area (Å²) < 4.78 is 0. The van der Waals surface area contributed by atoms with Crippen LogP contribution in [0.15, 0.2) is 48.7 Å². The lowest BCUT2D eigenvalue weighted by Crippen LogP contribution is -2.21. The maximum atomic E-state index is 4.33. The van der Waals surface area contributed by atoms with Crippen LogP contribution < -0.4 is 5.32 Å². The molecule has 100 valence electrons. The lowest BCUT2D eigenvalue weighted by atomic mass is 10.0. The summed E-state index contributed by atoms with van der Waals surface area (Å²) in [6.45, 7) is 5.34. The van der Waals surface area contributed by atoms with Gasteiger partial charge in [0.2, 0.25) is 0 Å². The molecule has 2 nitrogen and oxygen atoms in total. The molecule has 0 saturated carbocycles. The predicted molar refractivity (Wildman–Crippen MR) is 80.2 cm³/mol. The van der Waals surface area contributed by atoms with E-state index in [2.05, 4.69) is 54.5 Å². The Kier molecular flexibility index (Phi) is 5.10. The summed E-state index contributed by atoms with van der Waals surface area (Å²) in [5.41, 5.74) is 3.88. The van der Waals surface area contributed by atoms with Gasteiger partial charge in [0, 0.05) is 30.9 Å². The minimum absolute atomic E-state index is 0.384. The van der Waals surface area contributed by atoms with Crippen molar-refractivity contribution in [3.05, 3.63) is 65.5 Å². The summed E-state index contributed by atoms with van der Waals surface area (Å²) in [7, 11) is 0. The molecule has 0 saturated heterocycles. The predicted octanol–water partition coefficient (Wildman–Crippen LogP) is 3.54. The molecule has 1 atom stereocenters. The Bertz CT molecular complexity index is 476. The zero-order valence-electron chi connectivity index (χ0n) is 11.8. The molecule has 0 aliphatic rings. The highest BCUT2D eigenvalue weighted by Crippen LogP contribution is 2.13. The fourth-order valence-corrected chi connectivity index (χ4v) is 2.12. The van der Waals surface area contributed by atoms with Gasteiger partial charge in [0.05, 0.1) is 0 Å². The fourth-order valence-electron chi connectivity index (χ4n) is 2.12. The van der Waals surface area contributed by atoms with Gasteiger partial charge in [-0.3, -0.25) is 4.98 Å². The summed E-state index contributed by atoms with van der Waals surface area (Å²) >= 11 is 0. The molecule has 1 aromatic heterocycles. The number of nitrogens with zero attached hydrogens (tertiary/aromatic N) is 1. The van der Waals surface area contributed by atoms with Gasteiger partial charge in [-0.2, -0.15) is 0 Å². The maximum absolute atomic E-state index is 4.33. The van der Waals surface area contributed by atoms with E-state index in [-0.39, 0.29) is 0 Å². The van der Waals surface area contributed by atoms with E-state index >= 15 is 0 Å². The first-order valence-corrected chi connectivity index (χ1v) is 7.01. The molecule has 0 amide bonds. The van der Waals surface area contributed by atoms with Gasteiger partial charge in [-0.1, -0.05) is 37.3 Å². The van der Waals surface area contributed by atoms with E-state index in [1.54, 1.807) is 0 Å². The fraction of sp³-hybridized carbons (Fsp3) is 0.353. The van der Waals surface area contributed by atoms with Crippen molar-refractivity contribution in [1.29, 1.82) is 0 Å². The molecule has 1 N–H and O–H groups in total. The van der Waals surface area contributed by atoms with E-state index in [0.29, 0.717) is 6.04 Å². The molecule has 2 heteroatoms. The Morgan fingerprint density at radius 2 is 1.89 bits per heavy atom. The Morgan fingerprint density at radius 1 is 1.11 bits per heavy atom. The molecule has 19 heavy (non-hydrogen) atoms. The van der Waals surface area contributed by atoms with Gasteiger partial charge in [-0.15, -0.1) is 0 Å². The van der Waals surface area contributed by atoms with Crippen molar-refractivity contribution < 1.29 is 0 Å². The molecular formula is C17H22N2. The molecule has 0 radical (unpaired) electrons. The van der Waals surface area contributed by atoms with Crippen LogP contribution in [0.5, 0.6) is 0 Å². The quantitative estimate of drug-likeness (QED) is 0.853. The van der Waals surface area contributed by atoms with E-state index in [4.69, 9.17) is 0 Å². The zero-order valence-corrected chi connectivity index (χ0v) is 11.8. The Labute approximate surface area is 115 Å². The maximum Gasteiger partial charge on any atom is 0.0416 e. The van der Waals surface area contributed by atoms with Crippen LogP contribution in [0, 0.1) is 0 Å². The average Bonchev–Trinajstić information content (AvgIpc) is 2.48. The third kappa shape index (κ3) is 4.18. The number of nitrogens with one attached hydrogen (secondary N) is 1. The summed E-state index contributed by atoms with van der Waals surface area (Å²) in [5, 5.41) is 3.54. The van der Waals surface area contributed by atoms with Crippen molar-refractivity contribution in [2.45, 2.75) is 32.7 Å². The summed E-state index contributed by atoms with van der Waals surface area (Å²) in [4.78, 5) is 4.33. The minimum Gasteiger partial charge on any atom is -0.310 e. The molecule has 0 spiro atoms. The Morgan fingerprint density at radius 3 is 2.53 bits per heavy atom. The monoisotopic (exact) mass is 254 g/mol. The number of aromatic nitrogens is 1. The molecule has 0 bridgehead atoms. The van der Waals surface area contributed by atoms with Crippen molar-refractivity contribution >= 4 is 0 Å². The van der Waals surface area contributed by atoms with Crippen LogP contribution >= 0.6 is 0 Å². The highest BCUT2D eigenvalue weighted by molar-refractivity contribution is 5.24. The Hall–Kier alpha value is -1.67. The number of hydrogen-bond donors (Lipinski definition) is 1. The average molecular weight is 254 g/mol.